The van der Waals surface area contributed by atoms with Gasteiger partial charge in [0.1, 0.15) is 0 Å². The molecule has 2 heterocycles. The molecule has 0 amide bonds. The van der Waals surface area contributed by atoms with Crippen LogP contribution in [0.15, 0.2) is 24.3 Å². The van der Waals surface area contributed by atoms with Crippen molar-refractivity contribution in [3.8, 4) is 0 Å². The quantitative estimate of drug-likeness (QED) is 0.849. The first kappa shape index (κ1) is 16.3. The summed E-state index contributed by atoms with van der Waals surface area (Å²) in [5.41, 5.74) is 2.66. The number of thioether (sulfide) groups is 1. The van der Waals surface area contributed by atoms with Gasteiger partial charge in [0, 0.05) is 37.2 Å². The third-order valence-corrected chi connectivity index (χ3v) is 7.90. The highest BCUT2D eigenvalue weighted by molar-refractivity contribution is 7.99. The molecule has 6 heteroatoms. The van der Waals surface area contributed by atoms with Crippen molar-refractivity contribution in [2.75, 3.05) is 31.9 Å². The molecule has 0 aromatic heterocycles. The van der Waals surface area contributed by atoms with Gasteiger partial charge in [-0.2, -0.15) is 28.8 Å². The second-order valence-electron chi connectivity index (χ2n) is 6.02. The van der Waals surface area contributed by atoms with Crippen LogP contribution in [0.1, 0.15) is 35.6 Å². The maximum absolute atomic E-state index is 12.7. The lowest BCUT2D eigenvalue weighted by atomic mass is 10.0. The molecule has 2 aliphatic heterocycles. The average molecular weight is 341 g/mol. The lowest BCUT2D eigenvalue weighted by Gasteiger charge is -2.25. The SMILES string of the molecule is Cc1ccccc1C1CCN(S(=O)(=O)N2CCCC2)CCS1. The zero-order valence-electron chi connectivity index (χ0n) is 13.1. The lowest BCUT2D eigenvalue weighted by Crippen LogP contribution is -2.43. The zero-order chi connectivity index (χ0) is 15.6. The topological polar surface area (TPSA) is 40.6 Å². The number of aryl methyl sites for hydroxylation is 1. The Labute approximate surface area is 138 Å². The van der Waals surface area contributed by atoms with Crippen molar-refractivity contribution in [2.24, 2.45) is 0 Å². The van der Waals surface area contributed by atoms with Crippen molar-refractivity contribution < 1.29 is 8.42 Å². The van der Waals surface area contributed by atoms with Crippen LogP contribution in [-0.4, -0.2) is 49.0 Å². The van der Waals surface area contributed by atoms with Gasteiger partial charge in [-0.1, -0.05) is 24.3 Å². The van der Waals surface area contributed by atoms with E-state index >= 15 is 0 Å². The zero-order valence-corrected chi connectivity index (χ0v) is 14.7. The van der Waals surface area contributed by atoms with Crippen molar-refractivity contribution >= 4 is 22.0 Å². The molecule has 1 atom stereocenters. The molecular weight excluding hydrogens is 316 g/mol. The molecule has 2 fully saturated rings. The van der Waals surface area contributed by atoms with E-state index in [0.29, 0.717) is 31.4 Å². The van der Waals surface area contributed by atoms with Crippen LogP contribution in [0.2, 0.25) is 0 Å². The minimum Gasteiger partial charge on any atom is -0.195 e. The van der Waals surface area contributed by atoms with Crippen LogP contribution in [0.25, 0.3) is 0 Å². The average Bonchev–Trinajstić information content (AvgIpc) is 2.94. The Morgan fingerprint density at radius 3 is 2.45 bits per heavy atom. The maximum Gasteiger partial charge on any atom is 0.282 e. The second kappa shape index (κ2) is 6.91. The first-order valence-electron chi connectivity index (χ1n) is 8.01. The minimum atomic E-state index is -3.25. The molecule has 3 rings (SSSR count). The van der Waals surface area contributed by atoms with Crippen LogP contribution in [0.4, 0.5) is 0 Å². The van der Waals surface area contributed by atoms with Crippen molar-refractivity contribution in [3.05, 3.63) is 35.4 Å². The summed E-state index contributed by atoms with van der Waals surface area (Å²) in [6, 6.07) is 8.45. The number of benzene rings is 1. The van der Waals surface area contributed by atoms with E-state index in [1.165, 1.54) is 11.1 Å². The lowest BCUT2D eigenvalue weighted by molar-refractivity contribution is 0.370. The monoisotopic (exact) mass is 340 g/mol. The molecule has 0 spiro atoms. The summed E-state index contributed by atoms with van der Waals surface area (Å²) < 4.78 is 28.7. The fourth-order valence-electron chi connectivity index (χ4n) is 3.26. The second-order valence-corrected chi connectivity index (χ2v) is 9.26. The van der Waals surface area contributed by atoms with Gasteiger partial charge in [-0.15, -0.1) is 0 Å². The third kappa shape index (κ3) is 3.35. The van der Waals surface area contributed by atoms with Crippen LogP contribution in [-0.2, 0) is 10.2 Å². The summed E-state index contributed by atoms with van der Waals surface area (Å²) in [5.74, 6) is 0.867. The molecule has 1 aromatic carbocycles. The molecule has 1 aromatic rings. The maximum atomic E-state index is 12.7. The van der Waals surface area contributed by atoms with Gasteiger partial charge in [0.25, 0.3) is 10.2 Å². The summed E-state index contributed by atoms with van der Waals surface area (Å²) in [6.45, 7) is 4.77. The van der Waals surface area contributed by atoms with E-state index in [1.807, 2.05) is 11.8 Å². The van der Waals surface area contributed by atoms with Crippen LogP contribution < -0.4 is 0 Å². The standard InChI is InChI=1S/C16H24N2O2S2/c1-14-6-2-3-7-15(14)16-8-11-18(12-13-21-16)22(19,20)17-9-4-5-10-17/h2-3,6-7,16H,4-5,8-13H2,1H3. The number of hydrogen-bond donors (Lipinski definition) is 0. The molecule has 0 radical (unpaired) electrons. The van der Waals surface area contributed by atoms with Gasteiger partial charge in [0.05, 0.1) is 0 Å². The fraction of sp³-hybridized carbons (Fsp3) is 0.625. The Hall–Kier alpha value is -0.560. The predicted molar refractivity (Wildman–Crippen MR) is 92.3 cm³/mol. The molecule has 122 valence electrons. The van der Waals surface area contributed by atoms with Crippen molar-refractivity contribution in [1.82, 2.24) is 8.61 Å². The predicted octanol–water partition coefficient (Wildman–Crippen LogP) is 2.82. The van der Waals surface area contributed by atoms with Crippen LogP contribution in [0.5, 0.6) is 0 Å². The van der Waals surface area contributed by atoms with E-state index in [1.54, 1.807) is 8.61 Å². The highest BCUT2D eigenvalue weighted by Crippen LogP contribution is 2.36. The Morgan fingerprint density at radius 1 is 1.05 bits per heavy atom. The highest BCUT2D eigenvalue weighted by atomic mass is 32.2. The largest absolute Gasteiger partial charge is 0.282 e. The molecule has 22 heavy (non-hydrogen) atoms. The van der Waals surface area contributed by atoms with Gasteiger partial charge in [0.15, 0.2) is 0 Å². The van der Waals surface area contributed by atoms with Gasteiger partial charge >= 0.3 is 0 Å². The van der Waals surface area contributed by atoms with E-state index in [4.69, 9.17) is 0 Å². The van der Waals surface area contributed by atoms with Gasteiger partial charge in [-0.25, -0.2) is 0 Å². The Bertz CT molecular complexity index is 612. The van der Waals surface area contributed by atoms with E-state index in [-0.39, 0.29) is 0 Å². The van der Waals surface area contributed by atoms with Gasteiger partial charge < -0.3 is 0 Å². The van der Waals surface area contributed by atoms with Gasteiger partial charge in [0.2, 0.25) is 0 Å². The molecule has 0 aliphatic carbocycles. The smallest absolute Gasteiger partial charge is 0.195 e. The van der Waals surface area contributed by atoms with Crippen molar-refractivity contribution in [2.45, 2.75) is 31.4 Å². The molecule has 0 saturated carbocycles. The summed E-state index contributed by atoms with van der Waals surface area (Å²) >= 11 is 1.89. The fourth-order valence-corrected chi connectivity index (χ4v) is 6.41. The molecule has 4 nitrogen and oxygen atoms in total. The van der Waals surface area contributed by atoms with E-state index in [9.17, 15) is 8.42 Å². The molecule has 1 unspecified atom stereocenters. The molecule has 2 aliphatic rings. The van der Waals surface area contributed by atoms with E-state index in [2.05, 4.69) is 31.2 Å². The van der Waals surface area contributed by atoms with Gasteiger partial charge in [-0.05, 0) is 37.3 Å². The minimum absolute atomic E-state index is 0.403. The third-order valence-electron chi connectivity index (χ3n) is 4.55. The Kier molecular flexibility index (Phi) is 5.12. The Morgan fingerprint density at radius 2 is 1.73 bits per heavy atom. The Balaban J connectivity index is 1.71. The molecule has 0 N–H and O–H groups in total. The first-order chi connectivity index (χ1) is 10.6. The summed E-state index contributed by atoms with van der Waals surface area (Å²) in [5, 5.41) is 0.403. The number of hydrogen-bond acceptors (Lipinski definition) is 3. The van der Waals surface area contributed by atoms with Crippen LogP contribution in [0.3, 0.4) is 0 Å². The van der Waals surface area contributed by atoms with Crippen molar-refractivity contribution in [3.63, 3.8) is 0 Å². The first-order valence-corrected chi connectivity index (χ1v) is 10.5. The van der Waals surface area contributed by atoms with Gasteiger partial charge in [-0.3, -0.25) is 0 Å². The summed E-state index contributed by atoms with van der Waals surface area (Å²) in [7, 11) is -3.25. The van der Waals surface area contributed by atoms with Crippen LogP contribution in [0, 0.1) is 6.92 Å². The van der Waals surface area contributed by atoms with E-state index < -0.39 is 10.2 Å². The summed E-state index contributed by atoms with van der Waals surface area (Å²) in [6.07, 6.45) is 2.88. The summed E-state index contributed by atoms with van der Waals surface area (Å²) in [4.78, 5) is 0. The molecule has 0 bridgehead atoms. The number of rotatable bonds is 3. The number of nitrogens with zero attached hydrogens (tertiary/aromatic N) is 2. The molecular formula is C16H24N2O2S2. The highest BCUT2D eigenvalue weighted by Gasteiger charge is 2.33. The van der Waals surface area contributed by atoms with E-state index in [0.717, 1.165) is 25.0 Å². The van der Waals surface area contributed by atoms with Crippen molar-refractivity contribution in [1.29, 1.82) is 0 Å². The molecule has 2 saturated heterocycles. The normalized spacial score (nSPS) is 25.2. The van der Waals surface area contributed by atoms with Crippen LogP contribution >= 0.6 is 11.8 Å².